The van der Waals surface area contributed by atoms with E-state index < -0.39 is 5.92 Å². The SMILES string of the molecule is CCCC(C(=O)Nc1ccc2c(c1)OCCO2)C(N)=NO. The number of fused-ring (bicyclic) bond motifs is 1. The molecule has 1 amide bonds. The van der Waals surface area contributed by atoms with Crippen LogP contribution in [0.15, 0.2) is 23.4 Å². The molecule has 0 fully saturated rings. The number of carbonyl (C=O) groups is 1. The van der Waals surface area contributed by atoms with Gasteiger partial charge < -0.3 is 25.7 Å². The number of hydrogen-bond acceptors (Lipinski definition) is 5. The van der Waals surface area contributed by atoms with Gasteiger partial charge in [-0.25, -0.2) is 0 Å². The second-order valence-electron chi connectivity index (χ2n) is 4.71. The number of nitrogens with zero attached hydrogens (tertiary/aromatic N) is 1. The first-order chi connectivity index (χ1) is 10.2. The lowest BCUT2D eigenvalue weighted by Crippen LogP contribution is -2.34. The number of benzene rings is 1. The number of amidine groups is 1. The van der Waals surface area contributed by atoms with Gasteiger partial charge in [-0.3, -0.25) is 4.79 Å². The molecule has 1 unspecified atom stereocenters. The fraction of sp³-hybridized carbons (Fsp3) is 0.429. The summed E-state index contributed by atoms with van der Waals surface area (Å²) in [5.74, 6) is 0.180. The van der Waals surface area contributed by atoms with Crippen LogP contribution in [0.5, 0.6) is 11.5 Å². The van der Waals surface area contributed by atoms with Crippen LogP contribution in [0, 0.1) is 5.92 Å². The number of nitrogens with one attached hydrogen (secondary N) is 1. The largest absolute Gasteiger partial charge is 0.486 e. The minimum atomic E-state index is -0.659. The smallest absolute Gasteiger partial charge is 0.235 e. The highest BCUT2D eigenvalue weighted by atomic mass is 16.6. The van der Waals surface area contributed by atoms with Gasteiger partial charge in [-0.05, 0) is 18.6 Å². The van der Waals surface area contributed by atoms with Gasteiger partial charge in [-0.1, -0.05) is 18.5 Å². The molecule has 0 saturated carbocycles. The van der Waals surface area contributed by atoms with Crippen LogP contribution in [0.4, 0.5) is 5.69 Å². The Morgan fingerprint density at radius 1 is 1.43 bits per heavy atom. The Balaban J connectivity index is 2.11. The molecule has 7 heteroatoms. The minimum absolute atomic E-state index is 0.0908. The van der Waals surface area contributed by atoms with Crippen molar-refractivity contribution in [2.75, 3.05) is 18.5 Å². The highest BCUT2D eigenvalue weighted by molar-refractivity contribution is 6.07. The van der Waals surface area contributed by atoms with Crippen molar-refractivity contribution < 1.29 is 19.5 Å². The molecule has 21 heavy (non-hydrogen) atoms. The monoisotopic (exact) mass is 293 g/mol. The topological polar surface area (TPSA) is 106 Å². The van der Waals surface area contributed by atoms with Crippen molar-refractivity contribution in [2.24, 2.45) is 16.8 Å². The van der Waals surface area contributed by atoms with Crippen LogP contribution in [0.3, 0.4) is 0 Å². The Morgan fingerprint density at radius 3 is 2.81 bits per heavy atom. The Hall–Kier alpha value is -2.44. The molecule has 2 rings (SSSR count). The molecule has 0 radical (unpaired) electrons. The second kappa shape index (κ2) is 6.83. The fourth-order valence-corrected chi connectivity index (χ4v) is 2.12. The normalized spacial score (nSPS) is 15.4. The Bertz CT molecular complexity index is 545. The van der Waals surface area contributed by atoms with Crippen molar-refractivity contribution in [1.82, 2.24) is 0 Å². The molecule has 1 aliphatic rings. The predicted octanol–water partition coefficient (Wildman–Crippen LogP) is 1.56. The molecule has 1 aromatic rings. The Labute approximate surface area is 122 Å². The van der Waals surface area contributed by atoms with Crippen LogP contribution in [-0.2, 0) is 4.79 Å². The lowest BCUT2D eigenvalue weighted by molar-refractivity contribution is -0.118. The van der Waals surface area contributed by atoms with Gasteiger partial charge in [-0.15, -0.1) is 0 Å². The molecular formula is C14H19N3O4. The van der Waals surface area contributed by atoms with E-state index in [1.54, 1.807) is 18.2 Å². The number of rotatable bonds is 5. The van der Waals surface area contributed by atoms with Crippen molar-refractivity contribution in [1.29, 1.82) is 0 Å². The third-order valence-corrected chi connectivity index (χ3v) is 3.18. The second-order valence-corrected chi connectivity index (χ2v) is 4.71. The highest BCUT2D eigenvalue weighted by Gasteiger charge is 2.23. The van der Waals surface area contributed by atoms with Gasteiger partial charge in [0, 0.05) is 11.8 Å². The molecule has 0 bridgehead atoms. The highest BCUT2D eigenvalue weighted by Crippen LogP contribution is 2.32. The van der Waals surface area contributed by atoms with Crippen LogP contribution in [0.1, 0.15) is 19.8 Å². The van der Waals surface area contributed by atoms with E-state index in [-0.39, 0.29) is 11.7 Å². The van der Waals surface area contributed by atoms with Crippen LogP contribution in [0.2, 0.25) is 0 Å². The van der Waals surface area contributed by atoms with Crippen LogP contribution in [-0.4, -0.2) is 30.2 Å². The molecule has 4 N–H and O–H groups in total. The minimum Gasteiger partial charge on any atom is -0.486 e. The number of oxime groups is 1. The summed E-state index contributed by atoms with van der Waals surface area (Å²) in [6.07, 6.45) is 1.25. The van der Waals surface area contributed by atoms with Gasteiger partial charge in [0.2, 0.25) is 5.91 Å². The number of ether oxygens (including phenoxy) is 2. The quantitative estimate of drug-likeness (QED) is 0.330. The number of amides is 1. The first-order valence-corrected chi connectivity index (χ1v) is 6.83. The third kappa shape index (κ3) is 3.56. The summed E-state index contributed by atoms with van der Waals surface area (Å²) in [6.45, 7) is 2.92. The maximum absolute atomic E-state index is 12.2. The lowest BCUT2D eigenvalue weighted by Gasteiger charge is -2.20. The molecule has 0 aromatic heterocycles. The van der Waals surface area contributed by atoms with Crippen molar-refractivity contribution in [2.45, 2.75) is 19.8 Å². The van der Waals surface area contributed by atoms with Crippen LogP contribution in [0.25, 0.3) is 0 Å². The maximum atomic E-state index is 12.2. The molecule has 1 heterocycles. The van der Waals surface area contributed by atoms with Crippen molar-refractivity contribution in [3.05, 3.63) is 18.2 Å². The molecule has 0 spiro atoms. The van der Waals surface area contributed by atoms with Gasteiger partial charge in [0.05, 0.1) is 5.92 Å². The molecule has 1 aromatic carbocycles. The van der Waals surface area contributed by atoms with Crippen molar-refractivity contribution in [3.63, 3.8) is 0 Å². The van der Waals surface area contributed by atoms with Gasteiger partial charge in [0.25, 0.3) is 0 Å². The van der Waals surface area contributed by atoms with Crippen LogP contribution < -0.4 is 20.5 Å². The van der Waals surface area contributed by atoms with E-state index in [9.17, 15) is 4.79 Å². The van der Waals surface area contributed by atoms with Crippen molar-refractivity contribution >= 4 is 17.4 Å². The number of hydrogen-bond donors (Lipinski definition) is 3. The summed E-state index contributed by atoms with van der Waals surface area (Å²) in [4.78, 5) is 12.2. The zero-order chi connectivity index (χ0) is 15.2. The summed E-state index contributed by atoms with van der Waals surface area (Å²) >= 11 is 0. The summed E-state index contributed by atoms with van der Waals surface area (Å²) in [7, 11) is 0. The summed E-state index contributed by atoms with van der Waals surface area (Å²) in [6, 6.07) is 5.16. The van der Waals surface area contributed by atoms with Gasteiger partial charge in [-0.2, -0.15) is 0 Å². The average molecular weight is 293 g/mol. The predicted molar refractivity (Wildman–Crippen MR) is 77.9 cm³/mol. The summed E-state index contributed by atoms with van der Waals surface area (Å²) in [5, 5.41) is 14.4. The van der Waals surface area contributed by atoms with E-state index in [1.807, 2.05) is 6.92 Å². The molecule has 0 aliphatic carbocycles. The molecule has 0 saturated heterocycles. The summed E-state index contributed by atoms with van der Waals surface area (Å²) < 4.78 is 10.9. The van der Waals surface area contributed by atoms with Gasteiger partial charge in [0.15, 0.2) is 17.3 Å². The van der Waals surface area contributed by atoms with Gasteiger partial charge in [0.1, 0.15) is 13.2 Å². The van der Waals surface area contributed by atoms with E-state index in [1.165, 1.54) is 0 Å². The molecular weight excluding hydrogens is 274 g/mol. The summed E-state index contributed by atoms with van der Waals surface area (Å²) in [5.41, 5.74) is 6.14. The zero-order valence-corrected chi connectivity index (χ0v) is 11.8. The van der Waals surface area contributed by atoms with E-state index in [4.69, 9.17) is 20.4 Å². The first-order valence-electron chi connectivity index (χ1n) is 6.83. The first kappa shape index (κ1) is 15.0. The average Bonchev–Trinajstić information content (AvgIpc) is 2.51. The Kier molecular flexibility index (Phi) is 4.86. The lowest BCUT2D eigenvalue weighted by atomic mass is 10.0. The molecule has 1 atom stereocenters. The number of anilines is 1. The Morgan fingerprint density at radius 2 is 2.14 bits per heavy atom. The van der Waals surface area contributed by atoms with Gasteiger partial charge >= 0.3 is 0 Å². The number of carbonyl (C=O) groups excluding carboxylic acids is 1. The molecule has 7 nitrogen and oxygen atoms in total. The standard InChI is InChI=1S/C14H19N3O4/c1-2-3-10(13(15)17-19)14(18)16-9-4-5-11-12(8-9)21-7-6-20-11/h4-5,8,10,19H,2-3,6-7H2,1H3,(H2,15,17)(H,16,18). The zero-order valence-electron chi connectivity index (χ0n) is 11.8. The van der Waals surface area contributed by atoms with Crippen LogP contribution >= 0.6 is 0 Å². The number of nitrogens with two attached hydrogens (primary N) is 1. The molecule has 114 valence electrons. The third-order valence-electron chi connectivity index (χ3n) is 3.18. The van der Waals surface area contributed by atoms with E-state index in [0.717, 1.165) is 6.42 Å². The van der Waals surface area contributed by atoms with E-state index >= 15 is 0 Å². The molecule has 1 aliphatic heterocycles. The van der Waals surface area contributed by atoms with E-state index in [2.05, 4.69) is 10.5 Å². The fourth-order valence-electron chi connectivity index (χ4n) is 2.12. The maximum Gasteiger partial charge on any atom is 0.235 e. The van der Waals surface area contributed by atoms with E-state index in [0.29, 0.717) is 36.8 Å². The van der Waals surface area contributed by atoms with Crippen molar-refractivity contribution in [3.8, 4) is 11.5 Å².